The number of amides is 1. The van der Waals surface area contributed by atoms with Gasteiger partial charge in [0.15, 0.2) is 17.1 Å². The van der Waals surface area contributed by atoms with Crippen LogP contribution in [0.5, 0.6) is 17.2 Å². The summed E-state index contributed by atoms with van der Waals surface area (Å²) in [5.41, 5.74) is 2.45. The minimum Gasteiger partial charge on any atom is -0.493 e. The van der Waals surface area contributed by atoms with E-state index in [0.29, 0.717) is 24.4 Å². The van der Waals surface area contributed by atoms with E-state index in [9.17, 15) is 4.79 Å². The third-order valence-corrected chi connectivity index (χ3v) is 7.51. The van der Waals surface area contributed by atoms with Crippen LogP contribution in [0.4, 0.5) is 0 Å². The molecule has 3 heterocycles. The van der Waals surface area contributed by atoms with Crippen molar-refractivity contribution in [2.45, 2.75) is 50.2 Å². The van der Waals surface area contributed by atoms with Gasteiger partial charge in [-0.3, -0.25) is 4.79 Å². The number of fused-ring (bicyclic) bond motifs is 4. The first-order chi connectivity index (χ1) is 16.7. The van der Waals surface area contributed by atoms with Crippen molar-refractivity contribution >= 4 is 5.91 Å². The number of methoxy groups -OCH3 is 1. The van der Waals surface area contributed by atoms with Crippen molar-refractivity contribution in [1.29, 1.82) is 0 Å². The zero-order valence-electron chi connectivity index (χ0n) is 19.5. The van der Waals surface area contributed by atoms with E-state index in [1.54, 1.807) is 7.11 Å². The number of likely N-dealkylation sites (tertiary alicyclic amines) is 1. The molecule has 1 spiro atoms. The number of para-hydroxylation sites is 2. The zero-order chi connectivity index (χ0) is 23.1. The van der Waals surface area contributed by atoms with Crippen molar-refractivity contribution in [1.82, 2.24) is 9.47 Å². The molecular weight excluding hydrogens is 428 g/mol. The lowest BCUT2D eigenvalue weighted by Crippen LogP contribution is -2.50. The summed E-state index contributed by atoms with van der Waals surface area (Å²) >= 11 is 0. The van der Waals surface area contributed by atoms with Gasteiger partial charge in [-0.25, -0.2) is 0 Å². The number of ether oxygens (including phenoxy) is 3. The number of hydrogen-bond acceptors (Lipinski definition) is 4. The molecule has 3 aliphatic rings. The second-order valence-electron chi connectivity index (χ2n) is 9.51. The van der Waals surface area contributed by atoms with Gasteiger partial charge in [-0.05, 0) is 68.1 Å². The molecule has 1 saturated heterocycles. The first-order valence-electron chi connectivity index (χ1n) is 12.3. The van der Waals surface area contributed by atoms with E-state index >= 15 is 0 Å². The topological polar surface area (TPSA) is 52.9 Å². The van der Waals surface area contributed by atoms with Gasteiger partial charge in [-0.1, -0.05) is 12.1 Å². The number of piperidine rings is 1. The Hall–Kier alpha value is -3.41. The Kier molecular flexibility index (Phi) is 5.24. The van der Waals surface area contributed by atoms with Crippen LogP contribution in [0.1, 0.15) is 54.6 Å². The highest BCUT2D eigenvalue weighted by molar-refractivity contribution is 5.95. The molecule has 0 radical (unpaired) electrons. The van der Waals surface area contributed by atoms with Gasteiger partial charge >= 0.3 is 0 Å². The highest BCUT2D eigenvalue weighted by Crippen LogP contribution is 2.45. The maximum absolute atomic E-state index is 13.4. The Balaban J connectivity index is 1.19. The molecule has 1 aromatic heterocycles. The highest BCUT2D eigenvalue weighted by Gasteiger charge is 2.44. The van der Waals surface area contributed by atoms with Gasteiger partial charge in [0.1, 0.15) is 5.75 Å². The largest absolute Gasteiger partial charge is 0.493 e. The molecule has 2 fully saturated rings. The summed E-state index contributed by atoms with van der Waals surface area (Å²) in [7, 11) is 1.63. The fourth-order valence-electron chi connectivity index (χ4n) is 5.66. The summed E-state index contributed by atoms with van der Waals surface area (Å²) < 4.78 is 20.5. The van der Waals surface area contributed by atoms with Crippen LogP contribution >= 0.6 is 0 Å². The number of aromatic nitrogens is 1. The van der Waals surface area contributed by atoms with Gasteiger partial charge in [0.2, 0.25) is 0 Å². The lowest BCUT2D eigenvalue weighted by Gasteiger charge is -2.45. The lowest BCUT2D eigenvalue weighted by atomic mass is 9.86. The van der Waals surface area contributed by atoms with Crippen LogP contribution in [0.15, 0.2) is 60.8 Å². The predicted octanol–water partition coefficient (Wildman–Crippen LogP) is 5.33. The monoisotopic (exact) mass is 458 g/mol. The Labute approximate surface area is 200 Å². The smallest absolute Gasteiger partial charge is 0.253 e. The van der Waals surface area contributed by atoms with Crippen LogP contribution < -0.4 is 14.2 Å². The van der Waals surface area contributed by atoms with Crippen LogP contribution in [0.3, 0.4) is 0 Å². The molecule has 0 unspecified atom stereocenters. The molecule has 6 rings (SSSR count). The number of carbonyl (C=O) groups excluding carboxylic acids is 1. The molecule has 176 valence electrons. The quantitative estimate of drug-likeness (QED) is 0.530. The molecule has 2 aromatic carbocycles. The van der Waals surface area contributed by atoms with Crippen molar-refractivity contribution in [3.8, 4) is 22.9 Å². The molecule has 1 saturated carbocycles. The van der Waals surface area contributed by atoms with Crippen LogP contribution in [-0.2, 0) is 5.60 Å². The lowest BCUT2D eigenvalue weighted by molar-refractivity contribution is -0.00931. The third-order valence-electron chi connectivity index (χ3n) is 7.51. The third kappa shape index (κ3) is 3.52. The maximum atomic E-state index is 13.4. The van der Waals surface area contributed by atoms with Gasteiger partial charge in [0.25, 0.3) is 5.91 Å². The molecule has 0 atom stereocenters. The van der Waals surface area contributed by atoms with Gasteiger partial charge in [0.05, 0.1) is 24.6 Å². The SMILES string of the molecule is COc1cc(C(=O)N2CCC3(CC2)Oc2ccccc2-n2cccc23)ccc1OC1CCCC1. The molecule has 2 aliphatic heterocycles. The molecule has 0 bridgehead atoms. The minimum absolute atomic E-state index is 0.0205. The molecule has 3 aromatic rings. The molecule has 1 amide bonds. The number of rotatable bonds is 4. The predicted molar refractivity (Wildman–Crippen MR) is 129 cm³/mol. The van der Waals surface area contributed by atoms with Crippen molar-refractivity contribution < 1.29 is 19.0 Å². The van der Waals surface area contributed by atoms with Crippen molar-refractivity contribution in [2.24, 2.45) is 0 Å². The summed E-state index contributed by atoms with van der Waals surface area (Å²) in [6.07, 6.45) is 8.41. The van der Waals surface area contributed by atoms with Crippen molar-refractivity contribution in [2.75, 3.05) is 20.2 Å². The Morgan fingerprint density at radius 1 is 1.00 bits per heavy atom. The summed E-state index contributed by atoms with van der Waals surface area (Å²) in [5.74, 6) is 2.26. The number of carbonyl (C=O) groups is 1. The summed E-state index contributed by atoms with van der Waals surface area (Å²) in [6.45, 7) is 1.27. The number of hydrogen-bond donors (Lipinski definition) is 0. The van der Waals surface area contributed by atoms with E-state index in [4.69, 9.17) is 14.2 Å². The average molecular weight is 459 g/mol. The van der Waals surface area contributed by atoms with E-state index in [-0.39, 0.29) is 12.0 Å². The van der Waals surface area contributed by atoms with Gasteiger partial charge in [-0.15, -0.1) is 0 Å². The average Bonchev–Trinajstić information content (AvgIpc) is 3.58. The molecule has 1 aliphatic carbocycles. The summed E-state index contributed by atoms with van der Waals surface area (Å²) in [4.78, 5) is 15.3. The van der Waals surface area contributed by atoms with E-state index in [1.807, 2.05) is 41.3 Å². The van der Waals surface area contributed by atoms with Crippen LogP contribution in [0.25, 0.3) is 5.69 Å². The number of benzene rings is 2. The van der Waals surface area contributed by atoms with Gasteiger partial charge in [0, 0.05) is 37.7 Å². The molecule has 0 N–H and O–H groups in total. The Morgan fingerprint density at radius 3 is 2.59 bits per heavy atom. The molecule has 6 nitrogen and oxygen atoms in total. The van der Waals surface area contributed by atoms with E-state index < -0.39 is 5.60 Å². The minimum atomic E-state index is -0.411. The van der Waals surface area contributed by atoms with Crippen molar-refractivity contribution in [3.63, 3.8) is 0 Å². The number of nitrogens with zero attached hydrogens (tertiary/aromatic N) is 2. The second-order valence-corrected chi connectivity index (χ2v) is 9.51. The fraction of sp³-hybridized carbons (Fsp3) is 0.393. The maximum Gasteiger partial charge on any atom is 0.253 e. The van der Waals surface area contributed by atoms with Crippen molar-refractivity contribution in [3.05, 3.63) is 72.1 Å². The molecule has 6 heteroatoms. The van der Waals surface area contributed by atoms with E-state index in [0.717, 1.165) is 48.6 Å². The second kappa shape index (κ2) is 8.42. The first-order valence-corrected chi connectivity index (χ1v) is 12.3. The van der Waals surface area contributed by atoms with Crippen LogP contribution in [-0.4, -0.2) is 41.7 Å². The normalized spacial score (nSPS) is 18.8. The summed E-state index contributed by atoms with van der Waals surface area (Å²) in [6, 6.07) is 17.9. The molecule has 34 heavy (non-hydrogen) atoms. The highest BCUT2D eigenvalue weighted by atomic mass is 16.5. The summed E-state index contributed by atoms with van der Waals surface area (Å²) in [5, 5.41) is 0. The zero-order valence-corrected chi connectivity index (χ0v) is 19.5. The van der Waals surface area contributed by atoms with E-state index in [1.165, 1.54) is 12.8 Å². The standard InChI is InChI=1S/C28H30N2O4/c1-32-25-19-20(12-13-24(25)33-21-7-2-3-8-21)27(31)29-17-14-28(15-18-29)26-11-6-16-30(26)22-9-4-5-10-23(22)34-28/h4-6,9-13,16,19,21H,2-3,7-8,14-15,17-18H2,1H3. The molecular formula is C28H30N2O4. The van der Waals surface area contributed by atoms with Crippen LogP contribution in [0.2, 0.25) is 0 Å². The van der Waals surface area contributed by atoms with Gasteiger partial charge < -0.3 is 23.7 Å². The Bertz CT molecular complexity index is 1200. The first kappa shape index (κ1) is 21.1. The van der Waals surface area contributed by atoms with Crippen LogP contribution in [0, 0.1) is 0 Å². The van der Waals surface area contributed by atoms with E-state index in [2.05, 4.69) is 29.0 Å². The fourth-order valence-corrected chi connectivity index (χ4v) is 5.66. The van der Waals surface area contributed by atoms with Gasteiger partial charge in [-0.2, -0.15) is 0 Å². The Morgan fingerprint density at radius 2 is 1.79 bits per heavy atom.